The molecule has 1 aliphatic heterocycles. The normalized spacial score (nSPS) is 15.2. The molecule has 4 aromatic rings. The molecule has 1 amide bonds. The molecule has 5 rings (SSSR count). The van der Waals surface area contributed by atoms with E-state index in [4.69, 9.17) is 9.47 Å². The zero-order valence-corrected chi connectivity index (χ0v) is 21.0. The van der Waals surface area contributed by atoms with Gasteiger partial charge in [-0.25, -0.2) is 9.50 Å². The van der Waals surface area contributed by atoms with E-state index in [1.807, 2.05) is 55.1 Å². The van der Waals surface area contributed by atoms with Crippen LogP contribution in [0.4, 0.5) is 0 Å². The largest absolute Gasteiger partial charge is 0.493 e. The Morgan fingerprint density at radius 1 is 1.06 bits per heavy atom. The minimum Gasteiger partial charge on any atom is -0.493 e. The number of amides is 1. The molecule has 0 N–H and O–H groups in total. The lowest BCUT2D eigenvalue weighted by Gasteiger charge is -2.38. The molecule has 8 nitrogen and oxygen atoms in total. The third kappa shape index (κ3) is 4.43. The highest BCUT2D eigenvalue weighted by Crippen LogP contribution is 2.41. The lowest BCUT2D eigenvalue weighted by atomic mass is 9.87. The van der Waals surface area contributed by atoms with Crippen molar-refractivity contribution < 1.29 is 14.3 Å². The Bertz CT molecular complexity index is 1390. The monoisotopic (exact) mass is 489 g/mol. The zero-order valence-electron chi connectivity index (χ0n) is 20.2. The van der Waals surface area contributed by atoms with Crippen LogP contribution in [0, 0.1) is 13.8 Å². The number of hydrogen-bond acceptors (Lipinski definition) is 7. The predicted molar refractivity (Wildman–Crippen MR) is 134 cm³/mol. The van der Waals surface area contributed by atoms with Gasteiger partial charge in [-0.2, -0.15) is 4.98 Å². The fraction of sp³-hybridized carbons (Fsp3) is 0.308. The number of hydrogen-bond donors (Lipinski definition) is 0. The van der Waals surface area contributed by atoms with Crippen LogP contribution in [0.5, 0.6) is 11.5 Å². The topological polar surface area (TPSA) is 81.9 Å². The van der Waals surface area contributed by atoms with E-state index in [2.05, 4.69) is 27.2 Å². The van der Waals surface area contributed by atoms with E-state index >= 15 is 0 Å². The average Bonchev–Trinajstić information content (AvgIpc) is 3.29. The van der Waals surface area contributed by atoms with Gasteiger partial charge in [0, 0.05) is 17.9 Å². The maximum absolute atomic E-state index is 13.5. The molecule has 0 aliphatic carbocycles. The molecule has 0 spiro atoms. The summed E-state index contributed by atoms with van der Waals surface area (Å²) in [5.74, 6) is 2.17. The van der Waals surface area contributed by atoms with Gasteiger partial charge in [0.15, 0.2) is 11.5 Å². The van der Waals surface area contributed by atoms with Crippen molar-refractivity contribution >= 4 is 23.4 Å². The van der Waals surface area contributed by atoms with Crippen LogP contribution in [0.1, 0.15) is 34.1 Å². The molecule has 0 saturated carbocycles. The summed E-state index contributed by atoms with van der Waals surface area (Å²) in [6.45, 7) is 4.51. The van der Waals surface area contributed by atoms with Crippen LogP contribution in [-0.2, 0) is 11.2 Å². The predicted octanol–water partition coefficient (Wildman–Crippen LogP) is 4.02. The van der Waals surface area contributed by atoms with Crippen LogP contribution in [0.25, 0.3) is 5.78 Å². The Balaban J connectivity index is 1.44. The van der Waals surface area contributed by atoms with E-state index in [0.29, 0.717) is 29.0 Å². The number of nitrogens with zero attached hydrogens (tertiary/aromatic N) is 5. The molecular weight excluding hydrogens is 462 g/mol. The number of benzene rings is 2. The van der Waals surface area contributed by atoms with E-state index in [1.165, 1.54) is 11.8 Å². The lowest BCUT2D eigenvalue weighted by Crippen LogP contribution is -2.41. The molecule has 1 unspecified atom stereocenters. The second kappa shape index (κ2) is 9.58. The van der Waals surface area contributed by atoms with Gasteiger partial charge in [-0.05, 0) is 55.2 Å². The maximum atomic E-state index is 13.5. The minimum absolute atomic E-state index is 0.0315. The average molecular weight is 490 g/mol. The number of carbonyl (C=O) groups excluding carboxylic acids is 1. The van der Waals surface area contributed by atoms with Crippen molar-refractivity contribution in [2.75, 3.05) is 26.5 Å². The molecule has 35 heavy (non-hydrogen) atoms. The number of methoxy groups -OCH3 is 2. The van der Waals surface area contributed by atoms with E-state index < -0.39 is 0 Å². The highest BCUT2D eigenvalue weighted by Gasteiger charge is 2.33. The number of ether oxygens (including phenoxy) is 2. The summed E-state index contributed by atoms with van der Waals surface area (Å²) in [5, 5.41) is 5.07. The second-order valence-corrected chi connectivity index (χ2v) is 9.43. The van der Waals surface area contributed by atoms with Gasteiger partial charge in [0.05, 0.1) is 26.0 Å². The van der Waals surface area contributed by atoms with Gasteiger partial charge in [0.1, 0.15) is 0 Å². The van der Waals surface area contributed by atoms with Crippen molar-refractivity contribution in [1.29, 1.82) is 0 Å². The van der Waals surface area contributed by atoms with E-state index in [-0.39, 0.29) is 17.7 Å². The molecule has 0 bridgehead atoms. The van der Waals surface area contributed by atoms with Gasteiger partial charge in [0.2, 0.25) is 11.1 Å². The first-order chi connectivity index (χ1) is 17.0. The number of carbonyl (C=O) groups is 1. The van der Waals surface area contributed by atoms with Gasteiger partial charge in [-0.15, -0.1) is 5.10 Å². The Kier molecular flexibility index (Phi) is 6.34. The summed E-state index contributed by atoms with van der Waals surface area (Å²) in [5.41, 5.74) is 5.12. The zero-order chi connectivity index (χ0) is 24.5. The quantitative estimate of drug-likeness (QED) is 0.378. The Hall–Kier alpha value is -3.59. The van der Waals surface area contributed by atoms with Crippen LogP contribution < -0.4 is 9.47 Å². The molecule has 2 aromatic heterocycles. The van der Waals surface area contributed by atoms with Gasteiger partial charge in [-0.1, -0.05) is 42.1 Å². The minimum atomic E-state index is -0.214. The number of rotatable bonds is 6. The summed E-state index contributed by atoms with van der Waals surface area (Å²) >= 11 is 1.34. The Labute approximate surface area is 208 Å². The van der Waals surface area contributed by atoms with Crippen LogP contribution in [0.15, 0.2) is 53.7 Å². The van der Waals surface area contributed by atoms with Crippen molar-refractivity contribution in [2.45, 2.75) is 31.5 Å². The second-order valence-electron chi connectivity index (χ2n) is 8.49. The van der Waals surface area contributed by atoms with Crippen LogP contribution in [0.3, 0.4) is 0 Å². The van der Waals surface area contributed by atoms with E-state index in [1.54, 1.807) is 18.7 Å². The number of aromatic nitrogens is 4. The standard InChI is InChI=1S/C26H27N5O3S/c1-16-12-17(2)31-25(27-16)28-26(29-31)35-15-23(32)30-11-10-19-13-21(33-3)22(34-4)14-20(19)24(30)18-8-6-5-7-9-18/h5-9,12-14,24H,10-11,15H2,1-4H3. The highest BCUT2D eigenvalue weighted by atomic mass is 32.2. The summed E-state index contributed by atoms with van der Waals surface area (Å²) < 4.78 is 12.8. The van der Waals surface area contributed by atoms with Gasteiger partial charge >= 0.3 is 0 Å². The van der Waals surface area contributed by atoms with Crippen molar-refractivity contribution in [3.8, 4) is 11.5 Å². The van der Waals surface area contributed by atoms with E-state index in [0.717, 1.165) is 34.5 Å². The third-order valence-electron chi connectivity index (χ3n) is 6.23. The summed E-state index contributed by atoms with van der Waals surface area (Å²) in [7, 11) is 3.27. The summed E-state index contributed by atoms with van der Waals surface area (Å²) in [4.78, 5) is 24.4. The van der Waals surface area contributed by atoms with Crippen LogP contribution in [0.2, 0.25) is 0 Å². The molecule has 1 aliphatic rings. The number of aryl methyl sites for hydroxylation is 2. The maximum Gasteiger partial charge on any atom is 0.253 e. The van der Waals surface area contributed by atoms with Crippen molar-refractivity contribution in [3.63, 3.8) is 0 Å². The van der Waals surface area contributed by atoms with Gasteiger partial charge in [-0.3, -0.25) is 4.79 Å². The van der Waals surface area contributed by atoms with Crippen LogP contribution >= 0.6 is 11.8 Å². The van der Waals surface area contributed by atoms with Gasteiger partial charge < -0.3 is 14.4 Å². The fourth-order valence-corrected chi connectivity index (χ4v) is 5.33. The number of fused-ring (bicyclic) bond motifs is 2. The smallest absolute Gasteiger partial charge is 0.253 e. The number of thioether (sulfide) groups is 1. The molecule has 2 aromatic carbocycles. The molecular formula is C26H27N5O3S. The summed E-state index contributed by atoms with van der Waals surface area (Å²) in [6.07, 6.45) is 0.741. The van der Waals surface area contributed by atoms with E-state index in [9.17, 15) is 4.79 Å². The van der Waals surface area contributed by atoms with Gasteiger partial charge in [0.25, 0.3) is 5.78 Å². The first-order valence-corrected chi connectivity index (χ1v) is 12.4. The Morgan fingerprint density at radius 2 is 1.80 bits per heavy atom. The fourth-order valence-electron chi connectivity index (χ4n) is 4.63. The molecule has 0 radical (unpaired) electrons. The molecule has 180 valence electrons. The SMILES string of the molecule is COc1cc2c(cc1OC)C(c1ccccc1)N(C(=O)CSc1nc3nc(C)cc(C)n3n1)CC2. The summed E-state index contributed by atoms with van der Waals surface area (Å²) in [6, 6.07) is 15.9. The molecule has 3 heterocycles. The van der Waals surface area contributed by atoms with Crippen molar-refractivity contribution in [3.05, 3.63) is 76.6 Å². The molecule has 1 atom stereocenters. The molecule has 9 heteroatoms. The lowest BCUT2D eigenvalue weighted by molar-refractivity contribution is -0.130. The van der Waals surface area contributed by atoms with Crippen molar-refractivity contribution in [1.82, 2.24) is 24.5 Å². The first kappa shape index (κ1) is 23.2. The first-order valence-electron chi connectivity index (χ1n) is 11.4. The van der Waals surface area contributed by atoms with Crippen LogP contribution in [-0.4, -0.2) is 56.9 Å². The third-order valence-corrected chi connectivity index (χ3v) is 7.06. The Morgan fingerprint density at radius 3 is 2.54 bits per heavy atom. The molecule has 0 fully saturated rings. The molecule has 0 saturated heterocycles. The van der Waals surface area contributed by atoms with Crippen molar-refractivity contribution in [2.24, 2.45) is 0 Å². The highest BCUT2D eigenvalue weighted by molar-refractivity contribution is 7.99.